The van der Waals surface area contributed by atoms with Crippen molar-refractivity contribution in [1.82, 2.24) is 10.2 Å². The van der Waals surface area contributed by atoms with Crippen LogP contribution < -0.4 is 5.32 Å². The van der Waals surface area contributed by atoms with Gasteiger partial charge in [0.2, 0.25) is 0 Å². The molecule has 0 radical (unpaired) electrons. The van der Waals surface area contributed by atoms with Crippen LogP contribution in [0.4, 0.5) is 0 Å². The molecule has 2 aliphatic carbocycles. The fourth-order valence-corrected chi connectivity index (χ4v) is 2.14. The summed E-state index contributed by atoms with van der Waals surface area (Å²) in [5, 5.41) is 3.59. The van der Waals surface area contributed by atoms with Crippen molar-refractivity contribution in [2.24, 2.45) is 0 Å². The number of hydrogen-bond donors (Lipinski definition) is 1. The van der Waals surface area contributed by atoms with Gasteiger partial charge in [-0.1, -0.05) is 6.42 Å². The average Bonchev–Trinajstić information content (AvgIpc) is 2.84. The van der Waals surface area contributed by atoms with Crippen LogP contribution in [-0.2, 0) is 0 Å². The van der Waals surface area contributed by atoms with Gasteiger partial charge in [0, 0.05) is 18.1 Å². The summed E-state index contributed by atoms with van der Waals surface area (Å²) in [5.74, 6) is 0. The van der Waals surface area contributed by atoms with Crippen LogP contribution in [0, 0.1) is 0 Å². The zero-order chi connectivity index (χ0) is 9.97. The lowest BCUT2D eigenvalue weighted by Crippen LogP contribution is -2.43. The van der Waals surface area contributed by atoms with Crippen LogP contribution in [0.3, 0.4) is 0 Å². The fourth-order valence-electron chi connectivity index (χ4n) is 2.14. The fraction of sp³-hybridized carbons (Fsp3) is 1.00. The Labute approximate surface area is 88.1 Å². The molecule has 0 aromatic carbocycles. The molecule has 0 aliphatic heterocycles. The van der Waals surface area contributed by atoms with Crippen molar-refractivity contribution >= 4 is 0 Å². The van der Waals surface area contributed by atoms with Crippen molar-refractivity contribution in [3.8, 4) is 0 Å². The minimum Gasteiger partial charge on any atom is -0.314 e. The minimum absolute atomic E-state index is 0.756. The van der Waals surface area contributed by atoms with E-state index in [2.05, 4.69) is 24.2 Å². The van der Waals surface area contributed by atoms with Gasteiger partial charge >= 0.3 is 0 Å². The average molecular weight is 196 g/mol. The molecule has 2 saturated carbocycles. The standard InChI is InChI=1S/C12H24N2/c1-10(8-9-13-11-6-7-11)14(2)12-4-3-5-12/h10-13H,3-9H2,1-2H3. The van der Waals surface area contributed by atoms with Crippen LogP contribution in [0.25, 0.3) is 0 Å². The largest absolute Gasteiger partial charge is 0.314 e. The topological polar surface area (TPSA) is 15.3 Å². The highest BCUT2D eigenvalue weighted by molar-refractivity contribution is 4.83. The summed E-state index contributed by atoms with van der Waals surface area (Å²) < 4.78 is 0. The van der Waals surface area contributed by atoms with Gasteiger partial charge in [0.1, 0.15) is 0 Å². The van der Waals surface area contributed by atoms with Crippen molar-refractivity contribution in [3.05, 3.63) is 0 Å². The van der Waals surface area contributed by atoms with E-state index >= 15 is 0 Å². The van der Waals surface area contributed by atoms with E-state index in [1.165, 1.54) is 45.1 Å². The first-order valence-electron chi connectivity index (χ1n) is 6.22. The molecule has 2 fully saturated rings. The molecule has 14 heavy (non-hydrogen) atoms. The van der Waals surface area contributed by atoms with Gasteiger partial charge in [0.15, 0.2) is 0 Å². The molecule has 2 rings (SSSR count). The van der Waals surface area contributed by atoms with Crippen LogP contribution in [-0.4, -0.2) is 36.6 Å². The summed E-state index contributed by atoms with van der Waals surface area (Å²) >= 11 is 0. The first-order chi connectivity index (χ1) is 6.77. The molecular formula is C12H24N2. The normalized spacial score (nSPS) is 25.1. The smallest absolute Gasteiger partial charge is 0.00950 e. The predicted octanol–water partition coefficient (Wildman–Crippen LogP) is 2.00. The van der Waals surface area contributed by atoms with E-state index in [1.807, 2.05) is 0 Å². The van der Waals surface area contributed by atoms with Gasteiger partial charge in [0.25, 0.3) is 0 Å². The Morgan fingerprint density at radius 3 is 2.50 bits per heavy atom. The molecule has 1 N–H and O–H groups in total. The first-order valence-corrected chi connectivity index (χ1v) is 6.22. The number of nitrogens with one attached hydrogen (secondary N) is 1. The number of hydrogen-bond acceptors (Lipinski definition) is 2. The molecule has 0 aromatic rings. The van der Waals surface area contributed by atoms with Crippen molar-refractivity contribution < 1.29 is 0 Å². The third-order valence-corrected chi connectivity index (χ3v) is 3.92. The maximum atomic E-state index is 3.59. The maximum absolute atomic E-state index is 3.59. The molecule has 2 heteroatoms. The summed E-state index contributed by atoms with van der Waals surface area (Å²) in [4.78, 5) is 2.58. The molecule has 0 saturated heterocycles. The molecule has 2 aliphatic rings. The SMILES string of the molecule is CC(CCNC1CC1)N(C)C1CCC1. The van der Waals surface area contributed by atoms with E-state index in [-0.39, 0.29) is 0 Å². The van der Waals surface area contributed by atoms with Crippen molar-refractivity contribution in [3.63, 3.8) is 0 Å². The van der Waals surface area contributed by atoms with Crippen LogP contribution in [0.5, 0.6) is 0 Å². The summed E-state index contributed by atoms with van der Waals surface area (Å²) in [7, 11) is 2.30. The number of rotatable bonds is 6. The molecule has 2 nitrogen and oxygen atoms in total. The lowest BCUT2D eigenvalue weighted by molar-refractivity contribution is 0.113. The van der Waals surface area contributed by atoms with E-state index in [0.717, 1.165) is 18.1 Å². The Morgan fingerprint density at radius 1 is 1.29 bits per heavy atom. The number of nitrogens with zero attached hydrogens (tertiary/aromatic N) is 1. The zero-order valence-electron chi connectivity index (χ0n) is 9.63. The molecular weight excluding hydrogens is 172 g/mol. The second kappa shape index (κ2) is 4.63. The lowest BCUT2D eigenvalue weighted by Gasteiger charge is -2.38. The van der Waals surface area contributed by atoms with E-state index in [1.54, 1.807) is 0 Å². The van der Waals surface area contributed by atoms with Crippen molar-refractivity contribution in [2.45, 2.75) is 63.6 Å². The van der Waals surface area contributed by atoms with E-state index in [4.69, 9.17) is 0 Å². The van der Waals surface area contributed by atoms with E-state index < -0.39 is 0 Å². The summed E-state index contributed by atoms with van der Waals surface area (Å²) in [6, 6.07) is 2.52. The third-order valence-electron chi connectivity index (χ3n) is 3.92. The van der Waals surface area contributed by atoms with Gasteiger partial charge in [-0.15, -0.1) is 0 Å². The molecule has 0 spiro atoms. The van der Waals surface area contributed by atoms with E-state index in [9.17, 15) is 0 Å². The highest BCUT2D eigenvalue weighted by Crippen LogP contribution is 2.25. The minimum atomic E-state index is 0.756. The molecule has 0 amide bonds. The lowest BCUT2D eigenvalue weighted by atomic mass is 9.90. The molecule has 0 bridgehead atoms. The van der Waals surface area contributed by atoms with Crippen molar-refractivity contribution in [1.29, 1.82) is 0 Å². The van der Waals surface area contributed by atoms with Gasteiger partial charge in [-0.05, 0) is 52.6 Å². The van der Waals surface area contributed by atoms with Gasteiger partial charge in [0.05, 0.1) is 0 Å². The van der Waals surface area contributed by atoms with Crippen LogP contribution in [0.15, 0.2) is 0 Å². The summed E-state index contributed by atoms with van der Waals surface area (Å²) in [5.41, 5.74) is 0. The third kappa shape index (κ3) is 2.71. The monoisotopic (exact) mass is 196 g/mol. The Bertz CT molecular complexity index is 173. The van der Waals surface area contributed by atoms with Gasteiger partial charge in [-0.2, -0.15) is 0 Å². The van der Waals surface area contributed by atoms with Gasteiger partial charge < -0.3 is 10.2 Å². The Morgan fingerprint density at radius 2 is 2.00 bits per heavy atom. The predicted molar refractivity (Wildman–Crippen MR) is 60.5 cm³/mol. The highest BCUT2D eigenvalue weighted by atomic mass is 15.2. The molecule has 1 unspecified atom stereocenters. The van der Waals surface area contributed by atoms with Crippen molar-refractivity contribution in [2.75, 3.05) is 13.6 Å². The molecule has 1 atom stereocenters. The maximum Gasteiger partial charge on any atom is 0.00950 e. The summed E-state index contributed by atoms with van der Waals surface area (Å²) in [6.45, 7) is 3.58. The van der Waals surface area contributed by atoms with Gasteiger partial charge in [-0.25, -0.2) is 0 Å². The zero-order valence-corrected chi connectivity index (χ0v) is 9.63. The molecule has 82 valence electrons. The van der Waals surface area contributed by atoms with E-state index in [0.29, 0.717) is 0 Å². The molecule has 0 aromatic heterocycles. The van der Waals surface area contributed by atoms with Crippen LogP contribution in [0.2, 0.25) is 0 Å². The molecule has 0 heterocycles. The Kier molecular flexibility index (Phi) is 3.45. The van der Waals surface area contributed by atoms with Crippen LogP contribution in [0.1, 0.15) is 45.4 Å². The second-order valence-corrected chi connectivity index (χ2v) is 5.12. The summed E-state index contributed by atoms with van der Waals surface area (Å²) in [6.07, 6.45) is 8.43. The Hall–Kier alpha value is -0.0800. The first kappa shape index (κ1) is 10.4. The van der Waals surface area contributed by atoms with Crippen LogP contribution >= 0.6 is 0 Å². The Balaban J connectivity index is 1.57. The van der Waals surface area contributed by atoms with Gasteiger partial charge in [-0.3, -0.25) is 0 Å². The highest BCUT2D eigenvalue weighted by Gasteiger charge is 2.25. The second-order valence-electron chi connectivity index (χ2n) is 5.12. The quantitative estimate of drug-likeness (QED) is 0.699.